The summed E-state index contributed by atoms with van der Waals surface area (Å²) in [6, 6.07) is 11.4. The molecule has 2 aromatic heterocycles. The number of fused-ring (bicyclic) bond motifs is 1. The molecule has 3 aromatic rings. The van der Waals surface area contributed by atoms with Gasteiger partial charge < -0.3 is 9.84 Å². The molecule has 2 heterocycles. The van der Waals surface area contributed by atoms with Crippen molar-refractivity contribution < 1.29 is 9.84 Å². The average Bonchev–Trinajstić information content (AvgIpc) is 2.95. The summed E-state index contributed by atoms with van der Waals surface area (Å²) >= 11 is 1.44. The van der Waals surface area contributed by atoms with Crippen molar-refractivity contribution in [1.29, 1.82) is 0 Å². The molecule has 0 unspecified atom stereocenters. The molecule has 3 rings (SSSR count). The van der Waals surface area contributed by atoms with Crippen molar-refractivity contribution in [2.24, 2.45) is 0 Å². The van der Waals surface area contributed by atoms with Gasteiger partial charge in [0.15, 0.2) is 5.16 Å². The van der Waals surface area contributed by atoms with Crippen LogP contribution in [-0.2, 0) is 0 Å². The van der Waals surface area contributed by atoms with Gasteiger partial charge in [0.05, 0.1) is 6.10 Å². The Bertz CT molecular complexity index is 791. The van der Waals surface area contributed by atoms with E-state index in [0.29, 0.717) is 11.5 Å². The molecule has 1 atom stereocenters. The fourth-order valence-corrected chi connectivity index (χ4v) is 3.11. The predicted molar refractivity (Wildman–Crippen MR) is 88.9 cm³/mol. The monoisotopic (exact) mass is 330 g/mol. The first-order valence-electron chi connectivity index (χ1n) is 7.31. The number of aryl methyl sites for hydroxylation is 2. The summed E-state index contributed by atoms with van der Waals surface area (Å²) in [5.74, 6) is 1.81. The Kier molecular flexibility index (Phi) is 4.78. The molecule has 0 saturated heterocycles. The first-order chi connectivity index (χ1) is 11.1. The van der Waals surface area contributed by atoms with Gasteiger partial charge >= 0.3 is 0 Å². The number of benzene rings is 1. The average molecular weight is 330 g/mol. The van der Waals surface area contributed by atoms with Crippen LogP contribution in [0.4, 0.5) is 0 Å². The number of ether oxygens (including phenoxy) is 1. The zero-order valence-electron chi connectivity index (χ0n) is 13.0. The van der Waals surface area contributed by atoms with Crippen LogP contribution in [0, 0.1) is 13.8 Å². The second-order valence-electron chi connectivity index (χ2n) is 5.25. The molecule has 0 bridgehead atoms. The lowest BCUT2D eigenvalue weighted by atomic mass is 10.3. The van der Waals surface area contributed by atoms with Crippen LogP contribution < -0.4 is 4.74 Å². The molecule has 6 nitrogen and oxygen atoms in total. The number of aliphatic hydroxyl groups is 1. The van der Waals surface area contributed by atoms with Gasteiger partial charge in [0.2, 0.25) is 0 Å². The summed E-state index contributed by atoms with van der Waals surface area (Å²) in [5, 5.41) is 19.0. The maximum atomic E-state index is 10.1. The molecule has 0 saturated carbocycles. The number of aliphatic hydroxyl groups excluding tert-OH is 1. The number of para-hydroxylation sites is 1. The summed E-state index contributed by atoms with van der Waals surface area (Å²) in [7, 11) is 0. The number of rotatable bonds is 6. The number of thioether (sulfide) groups is 1. The quantitative estimate of drug-likeness (QED) is 0.699. The largest absolute Gasteiger partial charge is 0.491 e. The highest BCUT2D eigenvalue weighted by Crippen LogP contribution is 2.19. The smallest absolute Gasteiger partial charge is 0.256 e. The molecule has 23 heavy (non-hydrogen) atoms. The second kappa shape index (κ2) is 6.97. The van der Waals surface area contributed by atoms with Crippen molar-refractivity contribution in [2.75, 3.05) is 12.4 Å². The summed E-state index contributed by atoms with van der Waals surface area (Å²) in [5.41, 5.74) is 1.94. The van der Waals surface area contributed by atoms with E-state index in [0.717, 1.165) is 22.3 Å². The van der Waals surface area contributed by atoms with Crippen molar-refractivity contribution in [3.8, 4) is 5.75 Å². The summed E-state index contributed by atoms with van der Waals surface area (Å²) < 4.78 is 7.44. The highest BCUT2D eigenvalue weighted by Gasteiger charge is 2.13. The Labute approximate surface area is 138 Å². The molecule has 1 N–H and O–H groups in total. The van der Waals surface area contributed by atoms with Crippen LogP contribution in [0.3, 0.4) is 0 Å². The van der Waals surface area contributed by atoms with Gasteiger partial charge in [0.1, 0.15) is 12.4 Å². The van der Waals surface area contributed by atoms with E-state index in [2.05, 4.69) is 15.2 Å². The van der Waals surface area contributed by atoms with E-state index in [4.69, 9.17) is 4.74 Å². The fourth-order valence-electron chi connectivity index (χ4n) is 2.22. The molecule has 0 fully saturated rings. The van der Waals surface area contributed by atoms with Crippen LogP contribution in [0.15, 0.2) is 41.6 Å². The second-order valence-corrected chi connectivity index (χ2v) is 6.23. The van der Waals surface area contributed by atoms with Gasteiger partial charge in [-0.05, 0) is 32.0 Å². The van der Waals surface area contributed by atoms with E-state index in [1.165, 1.54) is 11.8 Å². The van der Waals surface area contributed by atoms with Gasteiger partial charge in [-0.15, -0.1) is 10.2 Å². The van der Waals surface area contributed by atoms with Gasteiger partial charge in [-0.25, -0.2) is 4.98 Å². The highest BCUT2D eigenvalue weighted by molar-refractivity contribution is 7.99. The molecule has 0 aliphatic carbocycles. The van der Waals surface area contributed by atoms with Crippen LogP contribution in [0.2, 0.25) is 0 Å². The normalized spacial score (nSPS) is 12.5. The molecule has 0 aliphatic heterocycles. The third-order valence-corrected chi connectivity index (χ3v) is 4.33. The molecule has 120 valence electrons. The maximum Gasteiger partial charge on any atom is 0.256 e. The summed E-state index contributed by atoms with van der Waals surface area (Å²) in [6.07, 6.45) is -0.591. The van der Waals surface area contributed by atoms with Crippen molar-refractivity contribution >= 4 is 17.5 Å². The minimum absolute atomic E-state index is 0.240. The Morgan fingerprint density at radius 2 is 2.00 bits per heavy atom. The molecule has 7 heteroatoms. The van der Waals surface area contributed by atoms with Gasteiger partial charge in [-0.2, -0.15) is 0 Å². The Balaban J connectivity index is 1.60. The SMILES string of the molecule is Cc1cc(C)n2c(SC[C@@H](O)COc3ccccc3)nnc2n1. The lowest BCUT2D eigenvalue weighted by Gasteiger charge is -2.11. The standard InChI is InChI=1S/C16H18N4O2S/c1-11-8-12(2)20-15(17-11)18-19-16(20)23-10-13(21)9-22-14-6-4-3-5-7-14/h3-8,13,21H,9-10H2,1-2H3/t13-/m0/s1. The van der Waals surface area contributed by atoms with E-state index in [-0.39, 0.29) is 6.61 Å². The van der Waals surface area contributed by atoms with Crippen molar-refractivity contribution in [1.82, 2.24) is 19.6 Å². The zero-order chi connectivity index (χ0) is 16.2. The first kappa shape index (κ1) is 15.8. The zero-order valence-corrected chi connectivity index (χ0v) is 13.8. The minimum atomic E-state index is -0.591. The van der Waals surface area contributed by atoms with E-state index >= 15 is 0 Å². The lowest BCUT2D eigenvalue weighted by molar-refractivity contribution is 0.126. The third kappa shape index (κ3) is 3.80. The molecule has 0 radical (unpaired) electrons. The molecular weight excluding hydrogens is 312 g/mol. The first-order valence-corrected chi connectivity index (χ1v) is 8.30. The van der Waals surface area contributed by atoms with Gasteiger partial charge in [0.25, 0.3) is 5.78 Å². The van der Waals surface area contributed by atoms with E-state index in [9.17, 15) is 5.11 Å². The highest BCUT2D eigenvalue weighted by atomic mass is 32.2. The Morgan fingerprint density at radius 3 is 2.78 bits per heavy atom. The molecule has 0 amide bonds. The topological polar surface area (TPSA) is 72.5 Å². The van der Waals surface area contributed by atoms with Crippen LogP contribution in [0.1, 0.15) is 11.4 Å². The third-order valence-electron chi connectivity index (χ3n) is 3.25. The van der Waals surface area contributed by atoms with Crippen LogP contribution >= 0.6 is 11.8 Å². The number of nitrogens with zero attached hydrogens (tertiary/aromatic N) is 4. The molecular formula is C16H18N4O2S. The van der Waals surface area contributed by atoms with Crippen molar-refractivity contribution in [3.63, 3.8) is 0 Å². The van der Waals surface area contributed by atoms with Gasteiger partial charge in [-0.3, -0.25) is 4.40 Å². The van der Waals surface area contributed by atoms with Crippen LogP contribution in [0.25, 0.3) is 5.78 Å². The number of hydrogen-bond acceptors (Lipinski definition) is 6. The number of aromatic nitrogens is 4. The molecule has 1 aromatic carbocycles. The predicted octanol–water partition coefficient (Wildman–Crippen LogP) is 2.27. The minimum Gasteiger partial charge on any atom is -0.491 e. The van der Waals surface area contributed by atoms with Gasteiger partial charge in [-0.1, -0.05) is 30.0 Å². The Hall–Kier alpha value is -2.12. The van der Waals surface area contributed by atoms with E-state index in [1.54, 1.807) is 0 Å². The molecule has 0 aliphatic rings. The van der Waals surface area contributed by atoms with E-state index in [1.807, 2.05) is 54.6 Å². The van der Waals surface area contributed by atoms with Crippen molar-refractivity contribution in [2.45, 2.75) is 25.1 Å². The van der Waals surface area contributed by atoms with Gasteiger partial charge in [0, 0.05) is 17.1 Å². The van der Waals surface area contributed by atoms with Crippen molar-refractivity contribution in [3.05, 3.63) is 47.8 Å². The molecule has 0 spiro atoms. The number of hydrogen-bond donors (Lipinski definition) is 1. The Morgan fingerprint density at radius 1 is 1.22 bits per heavy atom. The van der Waals surface area contributed by atoms with Crippen LogP contribution in [-0.4, -0.2) is 43.2 Å². The van der Waals surface area contributed by atoms with Crippen LogP contribution in [0.5, 0.6) is 5.75 Å². The summed E-state index contributed by atoms with van der Waals surface area (Å²) in [4.78, 5) is 4.35. The van der Waals surface area contributed by atoms with E-state index < -0.39 is 6.10 Å². The lowest BCUT2D eigenvalue weighted by Crippen LogP contribution is -2.20. The fraction of sp³-hybridized carbons (Fsp3) is 0.312. The maximum absolute atomic E-state index is 10.1. The summed E-state index contributed by atoms with van der Waals surface area (Å²) in [6.45, 7) is 4.16.